The molecule has 5 nitrogen and oxygen atoms in total. The molecule has 0 unspecified atom stereocenters. The summed E-state index contributed by atoms with van der Waals surface area (Å²) in [6.07, 6.45) is 0. The van der Waals surface area contributed by atoms with Crippen LogP contribution in [0.5, 0.6) is 5.75 Å². The lowest BCUT2D eigenvalue weighted by molar-refractivity contribution is 0.262. The second-order valence-corrected chi connectivity index (χ2v) is 7.63. The number of aryl methyl sites for hydroxylation is 1. The lowest BCUT2D eigenvalue weighted by atomic mass is 10.2. The van der Waals surface area contributed by atoms with Gasteiger partial charge in [-0.15, -0.1) is 11.3 Å². The SMILES string of the molecule is CCOc1ccc(NC(=O)Nc2ccc(-c3nc4ccc(C)cc4s3)cc2)cc1. The first-order valence-corrected chi connectivity index (χ1v) is 10.2. The molecule has 2 amide bonds. The molecule has 4 aromatic rings. The van der Waals surface area contributed by atoms with E-state index >= 15 is 0 Å². The first kappa shape index (κ1) is 19.0. The fourth-order valence-electron chi connectivity index (χ4n) is 2.95. The Morgan fingerprint density at radius 3 is 2.28 bits per heavy atom. The summed E-state index contributed by atoms with van der Waals surface area (Å²) in [5.41, 5.74) is 4.68. The lowest BCUT2D eigenvalue weighted by Gasteiger charge is -2.09. The Kier molecular flexibility index (Phi) is 5.44. The molecule has 146 valence electrons. The van der Waals surface area contributed by atoms with E-state index in [2.05, 4.69) is 29.7 Å². The van der Waals surface area contributed by atoms with Crippen molar-refractivity contribution in [3.63, 3.8) is 0 Å². The Balaban J connectivity index is 1.41. The maximum Gasteiger partial charge on any atom is 0.323 e. The number of benzene rings is 3. The average Bonchev–Trinajstić information content (AvgIpc) is 3.13. The molecule has 1 aromatic heterocycles. The van der Waals surface area contributed by atoms with Gasteiger partial charge in [0.2, 0.25) is 0 Å². The van der Waals surface area contributed by atoms with Crippen molar-refractivity contribution in [2.24, 2.45) is 0 Å². The number of carbonyl (C=O) groups is 1. The highest BCUT2D eigenvalue weighted by atomic mass is 32.1. The number of nitrogens with one attached hydrogen (secondary N) is 2. The van der Waals surface area contributed by atoms with E-state index in [1.54, 1.807) is 11.3 Å². The monoisotopic (exact) mass is 403 g/mol. The van der Waals surface area contributed by atoms with Crippen molar-refractivity contribution in [2.45, 2.75) is 13.8 Å². The summed E-state index contributed by atoms with van der Waals surface area (Å²) in [5, 5.41) is 6.63. The summed E-state index contributed by atoms with van der Waals surface area (Å²) in [5.74, 6) is 0.777. The lowest BCUT2D eigenvalue weighted by Crippen LogP contribution is -2.19. The number of fused-ring (bicyclic) bond motifs is 1. The molecule has 0 aliphatic rings. The summed E-state index contributed by atoms with van der Waals surface area (Å²) in [6.45, 7) is 4.63. The van der Waals surface area contributed by atoms with Crippen molar-refractivity contribution in [1.82, 2.24) is 4.98 Å². The van der Waals surface area contributed by atoms with Gasteiger partial charge in [0, 0.05) is 16.9 Å². The summed E-state index contributed by atoms with van der Waals surface area (Å²) >= 11 is 1.67. The number of aromatic nitrogens is 1. The zero-order chi connectivity index (χ0) is 20.2. The quantitative estimate of drug-likeness (QED) is 0.410. The van der Waals surface area contributed by atoms with Crippen LogP contribution in [0.4, 0.5) is 16.2 Å². The van der Waals surface area contributed by atoms with E-state index in [4.69, 9.17) is 9.72 Å². The summed E-state index contributed by atoms with van der Waals surface area (Å²) < 4.78 is 6.58. The molecule has 0 atom stereocenters. The van der Waals surface area contributed by atoms with Crippen LogP contribution in [-0.2, 0) is 0 Å². The Morgan fingerprint density at radius 1 is 0.966 bits per heavy atom. The summed E-state index contributed by atoms with van der Waals surface area (Å²) in [6, 6.07) is 20.9. The van der Waals surface area contributed by atoms with Crippen LogP contribution in [0.3, 0.4) is 0 Å². The average molecular weight is 404 g/mol. The normalized spacial score (nSPS) is 10.7. The molecule has 0 aliphatic carbocycles. The van der Waals surface area contributed by atoms with E-state index in [1.165, 1.54) is 10.3 Å². The molecule has 0 fully saturated rings. The molecule has 1 heterocycles. The van der Waals surface area contributed by atoms with E-state index < -0.39 is 0 Å². The Bertz CT molecular complexity index is 1140. The molecule has 3 aromatic carbocycles. The van der Waals surface area contributed by atoms with Gasteiger partial charge in [0.1, 0.15) is 10.8 Å². The van der Waals surface area contributed by atoms with Crippen molar-refractivity contribution in [3.8, 4) is 16.3 Å². The maximum absolute atomic E-state index is 12.2. The van der Waals surface area contributed by atoms with Gasteiger partial charge in [0.15, 0.2) is 0 Å². The zero-order valence-corrected chi connectivity index (χ0v) is 17.0. The minimum absolute atomic E-state index is 0.294. The molecule has 4 rings (SSSR count). The van der Waals surface area contributed by atoms with E-state index in [-0.39, 0.29) is 6.03 Å². The molecule has 0 saturated carbocycles. The third-order valence-corrected chi connectivity index (χ3v) is 5.42. The third kappa shape index (κ3) is 4.55. The molecule has 6 heteroatoms. The number of ether oxygens (including phenoxy) is 1. The van der Waals surface area contributed by atoms with Crippen molar-refractivity contribution in [1.29, 1.82) is 0 Å². The first-order chi connectivity index (χ1) is 14.1. The Hall–Kier alpha value is -3.38. The van der Waals surface area contributed by atoms with E-state index in [0.717, 1.165) is 21.8 Å². The fraction of sp³-hybridized carbons (Fsp3) is 0.130. The number of nitrogens with zero attached hydrogens (tertiary/aromatic N) is 1. The van der Waals surface area contributed by atoms with Gasteiger partial charge in [-0.05, 0) is 80.1 Å². The van der Waals surface area contributed by atoms with Crippen LogP contribution >= 0.6 is 11.3 Å². The predicted molar refractivity (Wildman–Crippen MR) is 120 cm³/mol. The van der Waals surface area contributed by atoms with Gasteiger partial charge in [0.05, 0.1) is 16.8 Å². The standard InChI is InChI=1S/C23H21N3O2S/c1-3-28-19-11-9-18(10-12-19)25-23(27)24-17-7-5-16(6-8-17)22-26-20-13-4-15(2)14-21(20)29-22/h4-14H,3H2,1-2H3,(H2,24,25,27). The largest absolute Gasteiger partial charge is 0.494 e. The minimum atomic E-state index is -0.294. The number of thiazole rings is 1. The van der Waals surface area contributed by atoms with Crippen LogP contribution in [0, 0.1) is 6.92 Å². The molecule has 2 N–H and O–H groups in total. The fourth-order valence-corrected chi connectivity index (χ4v) is 4.02. The molecule has 0 radical (unpaired) electrons. The highest BCUT2D eigenvalue weighted by molar-refractivity contribution is 7.21. The van der Waals surface area contributed by atoms with Crippen LogP contribution in [0.2, 0.25) is 0 Å². The van der Waals surface area contributed by atoms with Gasteiger partial charge in [-0.25, -0.2) is 9.78 Å². The van der Waals surface area contributed by atoms with Gasteiger partial charge in [-0.1, -0.05) is 6.07 Å². The summed E-state index contributed by atoms with van der Waals surface area (Å²) in [4.78, 5) is 16.9. The molecule has 0 bridgehead atoms. The predicted octanol–water partition coefficient (Wildman–Crippen LogP) is 6.31. The molecule has 29 heavy (non-hydrogen) atoms. The van der Waals surface area contributed by atoms with Gasteiger partial charge >= 0.3 is 6.03 Å². The van der Waals surface area contributed by atoms with Crippen LogP contribution < -0.4 is 15.4 Å². The smallest absolute Gasteiger partial charge is 0.323 e. The van der Waals surface area contributed by atoms with Gasteiger partial charge in [-0.2, -0.15) is 0 Å². The maximum atomic E-state index is 12.2. The summed E-state index contributed by atoms with van der Waals surface area (Å²) in [7, 11) is 0. The van der Waals surface area contributed by atoms with Gasteiger partial charge < -0.3 is 15.4 Å². The second kappa shape index (κ2) is 8.32. The number of amides is 2. The number of hydrogen-bond donors (Lipinski definition) is 2. The second-order valence-electron chi connectivity index (χ2n) is 6.60. The first-order valence-electron chi connectivity index (χ1n) is 9.39. The van der Waals surface area contributed by atoms with Crippen LogP contribution in [0.25, 0.3) is 20.8 Å². The van der Waals surface area contributed by atoms with Gasteiger partial charge in [-0.3, -0.25) is 0 Å². The highest BCUT2D eigenvalue weighted by Crippen LogP contribution is 2.31. The number of rotatable bonds is 5. The van der Waals surface area contributed by atoms with Crippen LogP contribution in [-0.4, -0.2) is 17.6 Å². The van der Waals surface area contributed by atoms with Crippen molar-refractivity contribution >= 4 is 39.0 Å². The van der Waals surface area contributed by atoms with Gasteiger partial charge in [0.25, 0.3) is 0 Å². The van der Waals surface area contributed by atoms with Crippen LogP contribution in [0.1, 0.15) is 12.5 Å². The van der Waals surface area contributed by atoms with E-state index in [1.807, 2.05) is 61.5 Å². The third-order valence-electron chi connectivity index (χ3n) is 4.36. The molecule has 0 spiro atoms. The number of carbonyl (C=O) groups excluding carboxylic acids is 1. The minimum Gasteiger partial charge on any atom is -0.494 e. The Labute approximate surface area is 173 Å². The zero-order valence-electron chi connectivity index (χ0n) is 16.2. The van der Waals surface area contributed by atoms with E-state index in [9.17, 15) is 4.79 Å². The number of urea groups is 1. The van der Waals surface area contributed by atoms with Crippen molar-refractivity contribution in [3.05, 3.63) is 72.3 Å². The topological polar surface area (TPSA) is 63.2 Å². The molecule has 0 aliphatic heterocycles. The number of anilines is 2. The molecular formula is C23H21N3O2S. The van der Waals surface area contributed by atoms with E-state index in [0.29, 0.717) is 18.0 Å². The highest BCUT2D eigenvalue weighted by Gasteiger charge is 2.08. The van der Waals surface area contributed by atoms with Crippen molar-refractivity contribution in [2.75, 3.05) is 17.2 Å². The van der Waals surface area contributed by atoms with Crippen LogP contribution in [0.15, 0.2) is 66.7 Å². The molecular weight excluding hydrogens is 382 g/mol. The van der Waals surface area contributed by atoms with Crippen molar-refractivity contribution < 1.29 is 9.53 Å². The number of hydrogen-bond acceptors (Lipinski definition) is 4. The Morgan fingerprint density at radius 2 is 1.62 bits per heavy atom. The molecule has 0 saturated heterocycles.